The topological polar surface area (TPSA) is 50.3 Å². The summed E-state index contributed by atoms with van der Waals surface area (Å²) in [5, 5.41) is 2.73. The van der Waals surface area contributed by atoms with Crippen molar-refractivity contribution < 1.29 is 17.9 Å². The highest BCUT2D eigenvalue weighted by Gasteiger charge is 2.34. The molecule has 5 nitrogen and oxygen atoms in total. The summed E-state index contributed by atoms with van der Waals surface area (Å²) in [4.78, 5) is 9.37. The van der Waals surface area contributed by atoms with Crippen molar-refractivity contribution in [2.45, 2.75) is 26.9 Å². The van der Waals surface area contributed by atoms with Gasteiger partial charge in [-0.1, -0.05) is 0 Å². The quantitative estimate of drug-likeness (QED) is 0.748. The van der Waals surface area contributed by atoms with Crippen molar-refractivity contribution in [3.05, 3.63) is 11.8 Å². The molecule has 1 heterocycles. The van der Waals surface area contributed by atoms with E-state index >= 15 is 0 Å². The fraction of sp³-hybridized carbons (Fsp3) is 0.692. The molecule has 0 atom stereocenters. The number of hydrogen-bond acceptors (Lipinski definition) is 5. The molecule has 1 aromatic rings. The van der Waals surface area contributed by atoms with Crippen LogP contribution in [0.2, 0.25) is 0 Å². The van der Waals surface area contributed by atoms with Gasteiger partial charge in [-0.3, -0.25) is 0 Å². The summed E-state index contributed by atoms with van der Waals surface area (Å²) in [6.45, 7) is 7.96. The second-order valence-corrected chi connectivity index (χ2v) is 4.24. The zero-order valence-electron chi connectivity index (χ0n) is 12.5. The molecule has 0 unspecified atom stereocenters. The van der Waals surface area contributed by atoms with Crippen LogP contribution in [0.15, 0.2) is 6.07 Å². The second-order valence-electron chi connectivity index (χ2n) is 4.24. The lowest BCUT2D eigenvalue weighted by Crippen LogP contribution is -2.29. The highest BCUT2D eigenvalue weighted by Crippen LogP contribution is 2.30. The number of anilines is 2. The van der Waals surface area contributed by atoms with Crippen LogP contribution in [0.3, 0.4) is 0 Å². The van der Waals surface area contributed by atoms with Crippen LogP contribution in [-0.2, 0) is 10.9 Å². The molecule has 1 rings (SSSR count). The van der Waals surface area contributed by atoms with Gasteiger partial charge in [-0.05, 0) is 20.8 Å². The summed E-state index contributed by atoms with van der Waals surface area (Å²) in [6, 6.07) is 0.969. The normalized spacial score (nSPS) is 11.5. The molecule has 1 aromatic heterocycles. The number of halogens is 3. The molecule has 0 spiro atoms. The largest absolute Gasteiger partial charge is 0.433 e. The van der Waals surface area contributed by atoms with Crippen molar-refractivity contribution in [3.8, 4) is 0 Å². The van der Waals surface area contributed by atoms with Gasteiger partial charge in [0.25, 0.3) is 0 Å². The van der Waals surface area contributed by atoms with Crippen LogP contribution in [0.1, 0.15) is 26.5 Å². The van der Waals surface area contributed by atoms with E-state index in [4.69, 9.17) is 4.74 Å². The van der Waals surface area contributed by atoms with Crippen LogP contribution in [0.4, 0.5) is 24.9 Å². The van der Waals surface area contributed by atoms with Gasteiger partial charge < -0.3 is 15.0 Å². The SMILES string of the molecule is CCNc1nc(N(CC)CCOCC)cc(C(F)(F)F)n1. The second kappa shape index (κ2) is 8.02. The van der Waals surface area contributed by atoms with Gasteiger partial charge in [0.1, 0.15) is 5.82 Å². The first-order valence-corrected chi connectivity index (χ1v) is 6.95. The van der Waals surface area contributed by atoms with Crippen molar-refractivity contribution in [2.75, 3.05) is 43.1 Å². The van der Waals surface area contributed by atoms with Crippen LogP contribution >= 0.6 is 0 Å². The Balaban J connectivity index is 3.04. The van der Waals surface area contributed by atoms with E-state index in [1.807, 2.05) is 13.8 Å². The Labute approximate surface area is 122 Å². The number of ether oxygens (including phenoxy) is 1. The Kier molecular flexibility index (Phi) is 6.67. The molecule has 0 saturated carbocycles. The first-order valence-electron chi connectivity index (χ1n) is 6.95. The van der Waals surface area contributed by atoms with Crippen molar-refractivity contribution in [3.63, 3.8) is 0 Å². The van der Waals surface area contributed by atoms with Gasteiger partial charge in [-0.2, -0.15) is 18.2 Å². The Morgan fingerprint density at radius 3 is 2.48 bits per heavy atom. The zero-order valence-corrected chi connectivity index (χ0v) is 12.5. The lowest BCUT2D eigenvalue weighted by molar-refractivity contribution is -0.141. The van der Waals surface area contributed by atoms with E-state index in [0.717, 1.165) is 6.07 Å². The molecule has 21 heavy (non-hydrogen) atoms. The molecule has 0 bridgehead atoms. The number of likely N-dealkylation sites (N-methyl/N-ethyl adjacent to an activating group) is 1. The van der Waals surface area contributed by atoms with Crippen LogP contribution in [0, 0.1) is 0 Å². The summed E-state index contributed by atoms with van der Waals surface area (Å²) in [6.07, 6.45) is -4.50. The first-order chi connectivity index (χ1) is 9.92. The zero-order chi connectivity index (χ0) is 15.9. The first kappa shape index (κ1) is 17.5. The monoisotopic (exact) mass is 306 g/mol. The van der Waals surface area contributed by atoms with Crippen LogP contribution < -0.4 is 10.2 Å². The molecule has 0 aliphatic rings. The lowest BCUT2D eigenvalue weighted by Gasteiger charge is -2.23. The Hall–Kier alpha value is -1.57. The molecule has 0 radical (unpaired) electrons. The van der Waals surface area contributed by atoms with Gasteiger partial charge in [0.15, 0.2) is 5.69 Å². The molecule has 8 heteroatoms. The standard InChI is InChI=1S/C13H21F3N4O/c1-4-17-12-18-10(13(14,15)16)9-11(19-12)20(5-2)7-8-21-6-3/h9H,4-8H2,1-3H3,(H,17,18,19). The Morgan fingerprint density at radius 2 is 1.95 bits per heavy atom. The van der Waals surface area contributed by atoms with Gasteiger partial charge >= 0.3 is 6.18 Å². The maximum absolute atomic E-state index is 12.9. The van der Waals surface area contributed by atoms with E-state index in [2.05, 4.69) is 15.3 Å². The number of alkyl halides is 3. The minimum Gasteiger partial charge on any atom is -0.380 e. The molecule has 120 valence electrons. The van der Waals surface area contributed by atoms with E-state index in [9.17, 15) is 13.2 Å². The molecular weight excluding hydrogens is 285 g/mol. The highest BCUT2D eigenvalue weighted by atomic mass is 19.4. The average molecular weight is 306 g/mol. The van der Waals surface area contributed by atoms with E-state index < -0.39 is 11.9 Å². The maximum atomic E-state index is 12.9. The third-order valence-electron chi connectivity index (χ3n) is 2.75. The summed E-state index contributed by atoms with van der Waals surface area (Å²) in [7, 11) is 0. The van der Waals surface area contributed by atoms with Crippen molar-refractivity contribution >= 4 is 11.8 Å². The fourth-order valence-electron chi connectivity index (χ4n) is 1.73. The van der Waals surface area contributed by atoms with Gasteiger partial charge in [0, 0.05) is 32.3 Å². The van der Waals surface area contributed by atoms with Gasteiger partial charge in [0.2, 0.25) is 5.95 Å². The van der Waals surface area contributed by atoms with Gasteiger partial charge in [-0.15, -0.1) is 0 Å². The van der Waals surface area contributed by atoms with Crippen LogP contribution in [0.25, 0.3) is 0 Å². The third-order valence-corrected chi connectivity index (χ3v) is 2.75. The third kappa shape index (κ3) is 5.37. The lowest BCUT2D eigenvalue weighted by atomic mass is 10.3. The van der Waals surface area contributed by atoms with Crippen molar-refractivity contribution in [1.82, 2.24) is 9.97 Å². The van der Waals surface area contributed by atoms with E-state index in [1.165, 1.54) is 0 Å². The molecule has 0 aliphatic carbocycles. The highest BCUT2D eigenvalue weighted by molar-refractivity contribution is 5.45. The Morgan fingerprint density at radius 1 is 1.24 bits per heavy atom. The van der Waals surface area contributed by atoms with Gasteiger partial charge in [-0.25, -0.2) is 4.98 Å². The summed E-state index contributed by atoms with van der Waals surface area (Å²) in [5.74, 6) is 0.229. The maximum Gasteiger partial charge on any atom is 0.433 e. The molecule has 0 saturated heterocycles. The predicted molar refractivity (Wildman–Crippen MR) is 75.6 cm³/mol. The fourth-order valence-corrected chi connectivity index (χ4v) is 1.73. The molecular formula is C13H21F3N4O. The van der Waals surface area contributed by atoms with Crippen LogP contribution in [-0.4, -0.2) is 42.8 Å². The predicted octanol–water partition coefficient (Wildman–Crippen LogP) is 2.79. The number of hydrogen-bond donors (Lipinski definition) is 1. The molecule has 0 aliphatic heterocycles. The number of rotatable bonds is 8. The molecule has 0 fully saturated rings. The summed E-state index contributed by atoms with van der Waals surface area (Å²) < 4.78 is 43.9. The van der Waals surface area contributed by atoms with E-state index in [0.29, 0.717) is 32.8 Å². The van der Waals surface area contributed by atoms with Crippen molar-refractivity contribution in [1.29, 1.82) is 0 Å². The van der Waals surface area contributed by atoms with Crippen molar-refractivity contribution in [2.24, 2.45) is 0 Å². The number of nitrogens with zero attached hydrogens (tertiary/aromatic N) is 3. The van der Waals surface area contributed by atoms with E-state index in [-0.39, 0.29) is 11.8 Å². The van der Waals surface area contributed by atoms with Gasteiger partial charge in [0.05, 0.1) is 6.61 Å². The smallest absolute Gasteiger partial charge is 0.380 e. The minimum absolute atomic E-state index is 0.0165. The number of nitrogens with one attached hydrogen (secondary N) is 1. The molecule has 0 aromatic carbocycles. The van der Waals surface area contributed by atoms with E-state index in [1.54, 1.807) is 11.8 Å². The van der Waals surface area contributed by atoms with Crippen LogP contribution in [0.5, 0.6) is 0 Å². The minimum atomic E-state index is -4.50. The average Bonchev–Trinajstić information content (AvgIpc) is 2.43. The molecule has 0 amide bonds. The Bertz CT molecular complexity index is 440. The summed E-state index contributed by atoms with van der Waals surface area (Å²) >= 11 is 0. The summed E-state index contributed by atoms with van der Waals surface area (Å²) in [5.41, 5.74) is -0.946. The molecule has 1 N–H and O–H groups in total. The number of aromatic nitrogens is 2.